The van der Waals surface area contributed by atoms with Gasteiger partial charge in [0.1, 0.15) is 17.5 Å². The van der Waals surface area contributed by atoms with Crippen molar-refractivity contribution in [1.29, 1.82) is 0 Å². The Bertz CT molecular complexity index is 1470. The predicted molar refractivity (Wildman–Crippen MR) is 130 cm³/mol. The molecule has 4 aromatic rings. The third-order valence-corrected chi connectivity index (χ3v) is 5.63. The van der Waals surface area contributed by atoms with Crippen molar-refractivity contribution in [1.82, 2.24) is 0 Å². The monoisotopic (exact) mass is 438 g/mol. The van der Waals surface area contributed by atoms with E-state index in [9.17, 15) is 8.78 Å². The quantitative estimate of drug-likeness (QED) is 0.320. The van der Waals surface area contributed by atoms with Crippen LogP contribution in [-0.2, 0) is 0 Å². The number of hydrogen-bond donors (Lipinski definition) is 2. The summed E-state index contributed by atoms with van der Waals surface area (Å²) in [6.07, 6.45) is 3.36. The van der Waals surface area contributed by atoms with E-state index in [1.54, 1.807) is 18.4 Å². The molecule has 0 saturated carbocycles. The molecule has 6 heteroatoms. The van der Waals surface area contributed by atoms with E-state index in [1.807, 2.05) is 48.5 Å². The number of benzene rings is 4. The predicted octanol–water partition coefficient (Wildman–Crippen LogP) is 5.63. The lowest BCUT2D eigenvalue weighted by Crippen LogP contribution is -2.13. The van der Waals surface area contributed by atoms with Crippen LogP contribution in [-0.4, -0.2) is 12.1 Å². The molecule has 0 fully saturated rings. The number of fused-ring (bicyclic) bond motifs is 2. The van der Waals surface area contributed by atoms with Gasteiger partial charge in [0.15, 0.2) is 0 Å². The van der Waals surface area contributed by atoms with Gasteiger partial charge in [-0.25, -0.2) is 13.8 Å². The first kappa shape index (κ1) is 20.7. The van der Waals surface area contributed by atoms with Crippen LogP contribution in [0.1, 0.15) is 28.3 Å². The molecule has 1 unspecified atom stereocenters. The maximum atomic E-state index is 14.2. The Morgan fingerprint density at radius 3 is 2.55 bits per heavy atom. The van der Waals surface area contributed by atoms with Crippen molar-refractivity contribution in [2.24, 2.45) is 21.5 Å². The smallest absolute Gasteiger partial charge is 0.133 e. The minimum atomic E-state index is -0.716. The molecule has 1 atom stereocenters. The molecule has 0 bridgehead atoms. The summed E-state index contributed by atoms with van der Waals surface area (Å²) in [7, 11) is 0. The summed E-state index contributed by atoms with van der Waals surface area (Å²) in [6, 6.07) is 22.8. The van der Waals surface area contributed by atoms with Crippen LogP contribution in [0.2, 0.25) is 0 Å². The second-order valence-electron chi connectivity index (χ2n) is 7.77. The average molecular weight is 438 g/mol. The fourth-order valence-corrected chi connectivity index (χ4v) is 4.07. The number of amidine groups is 1. The molecule has 0 radical (unpaired) electrons. The van der Waals surface area contributed by atoms with Gasteiger partial charge in [0.2, 0.25) is 0 Å². The molecule has 0 aliphatic heterocycles. The summed E-state index contributed by atoms with van der Waals surface area (Å²) >= 11 is 0. The second-order valence-corrected chi connectivity index (χ2v) is 7.77. The molecule has 4 aromatic carbocycles. The summed E-state index contributed by atoms with van der Waals surface area (Å²) in [5.41, 5.74) is 15.4. The summed E-state index contributed by atoms with van der Waals surface area (Å²) in [4.78, 5) is 9.11. The highest BCUT2D eigenvalue weighted by atomic mass is 19.1. The van der Waals surface area contributed by atoms with Crippen molar-refractivity contribution in [3.8, 4) is 0 Å². The Hall–Kier alpha value is -4.16. The van der Waals surface area contributed by atoms with Crippen molar-refractivity contribution in [3.63, 3.8) is 0 Å². The Balaban J connectivity index is 1.52. The second kappa shape index (κ2) is 8.41. The Morgan fingerprint density at radius 1 is 0.909 bits per heavy atom. The molecule has 0 spiro atoms. The molecule has 5 rings (SSSR count). The Morgan fingerprint density at radius 2 is 1.67 bits per heavy atom. The highest BCUT2D eigenvalue weighted by Gasteiger charge is 2.25. The standard InChI is InChI=1S/C27H20F2N4/c28-18-12-21-25(14-23(30)26(21)22(29)13-18)33-27(31)20-10-3-4-11-24(20)32-15-17-8-5-7-16-6-1-2-9-19(16)17/h1-15,23H,30H2,(H2,31,33). The third kappa shape index (κ3) is 3.92. The first-order chi connectivity index (χ1) is 16.0. The van der Waals surface area contributed by atoms with Gasteiger partial charge in [-0.3, -0.25) is 4.99 Å². The van der Waals surface area contributed by atoms with E-state index in [2.05, 4.69) is 22.1 Å². The van der Waals surface area contributed by atoms with E-state index < -0.39 is 17.7 Å². The maximum absolute atomic E-state index is 14.2. The van der Waals surface area contributed by atoms with Gasteiger partial charge in [-0.05, 0) is 35.0 Å². The van der Waals surface area contributed by atoms with Crippen LogP contribution >= 0.6 is 0 Å². The molecular weight excluding hydrogens is 418 g/mol. The van der Waals surface area contributed by atoms with E-state index in [4.69, 9.17) is 11.5 Å². The minimum absolute atomic E-state index is 0.177. The molecule has 0 saturated heterocycles. The molecule has 0 heterocycles. The summed E-state index contributed by atoms with van der Waals surface area (Å²) in [5, 5.41) is 2.21. The minimum Gasteiger partial charge on any atom is -0.383 e. The molecule has 33 heavy (non-hydrogen) atoms. The van der Waals surface area contributed by atoms with Crippen LogP contribution in [0.15, 0.2) is 94.9 Å². The molecule has 1 aliphatic carbocycles. The van der Waals surface area contributed by atoms with Crippen molar-refractivity contribution in [2.75, 3.05) is 0 Å². The summed E-state index contributed by atoms with van der Waals surface area (Å²) in [5.74, 6) is -1.21. The normalized spacial score (nSPS) is 15.8. The largest absolute Gasteiger partial charge is 0.383 e. The van der Waals surface area contributed by atoms with Gasteiger partial charge in [0.05, 0.1) is 17.4 Å². The van der Waals surface area contributed by atoms with E-state index >= 15 is 0 Å². The average Bonchev–Trinajstić information content (AvgIpc) is 3.12. The Labute approximate surface area is 189 Å². The molecule has 4 N–H and O–H groups in total. The number of aliphatic imine (C=N–C) groups is 2. The number of rotatable bonds is 4. The van der Waals surface area contributed by atoms with Gasteiger partial charge in [0, 0.05) is 34.5 Å². The van der Waals surface area contributed by atoms with Crippen LogP contribution in [0.3, 0.4) is 0 Å². The zero-order valence-electron chi connectivity index (χ0n) is 17.5. The highest BCUT2D eigenvalue weighted by Crippen LogP contribution is 2.36. The SMILES string of the molecule is NC(=NC1=CC(N)c2c(F)cc(F)cc21)c1ccccc1N=Cc1cccc2ccccc12. The number of halogens is 2. The van der Waals surface area contributed by atoms with E-state index in [0.29, 0.717) is 22.5 Å². The first-order valence-corrected chi connectivity index (χ1v) is 10.4. The number of nitrogens with zero attached hydrogens (tertiary/aromatic N) is 2. The van der Waals surface area contributed by atoms with Gasteiger partial charge in [0.25, 0.3) is 0 Å². The van der Waals surface area contributed by atoms with Crippen molar-refractivity contribution < 1.29 is 8.78 Å². The third-order valence-electron chi connectivity index (χ3n) is 5.63. The fraction of sp³-hybridized carbons (Fsp3) is 0.0370. The molecular formula is C27H20F2N4. The van der Waals surface area contributed by atoms with Crippen molar-refractivity contribution in [2.45, 2.75) is 6.04 Å². The molecule has 0 aromatic heterocycles. The lowest BCUT2D eigenvalue weighted by atomic mass is 10.1. The van der Waals surface area contributed by atoms with Crippen LogP contribution in [0, 0.1) is 11.6 Å². The zero-order chi connectivity index (χ0) is 22.9. The number of nitrogens with two attached hydrogens (primary N) is 2. The van der Waals surface area contributed by atoms with Gasteiger partial charge >= 0.3 is 0 Å². The zero-order valence-corrected chi connectivity index (χ0v) is 17.5. The van der Waals surface area contributed by atoms with Crippen LogP contribution in [0.4, 0.5) is 14.5 Å². The number of para-hydroxylation sites is 1. The lowest BCUT2D eigenvalue weighted by Gasteiger charge is -2.08. The number of hydrogen-bond acceptors (Lipinski definition) is 3. The van der Waals surface area contributed by atoms with Crippen molar-refractivity contribution >= 4 is 34.2 Å². The van der Waals surface area contributed by atoms with Gasteiger partial charge in [-0.15, -0.1) is 0 Å². The highest BCUT2D eigenvalue weighted by molar-refractivity contribution is 6.06. The lowest BCUT2D eigenvalue weighted by molar-refractivity contribution is 0.568. The topological polar surface area (TPSA) is 76.8 Å². The summed E-state index contributed by atoms with van der Waals surface area (Å²) in [6.45, 7) is 0. The fourth-order valence-electron chi connectivity index (χ4n) is 4.07. The Kier molecular flexibility index (Phi) is 5.28. The van der Waals surface area contributed by atoms with E-state index in [-0.39, 0.29) is 11.4 Å². The van der Waals surface area contributed by atoms with Crippen LogP contribution < -0.4 is 11.5 Å². The van der Waals surface area contributed by atoms with Crippen LogP contribution in [0.5, 0.6) is 0 Å². The summed E-state index contributed by atoms with van der Waals surface area (Å²) < 4.78 is 28.0. The van der Waals surface area contributed by atoms with Gasteiger partial charge in [-0.2, -0.15) is 0 Å². The van der Waals surface area contributed by atoms with Gasteiger partial charge in [-0.1, -0.05) is 54.6 Å². The molecule has 4 nitrogen and oxygen atoms in total. The van der Waals surface area contributed by atoms with E-state index in [1.165, 1.54) is 6.07 Å². The molecule has 0 amide bonds. The van der Waals surface area contributed by atoms with Gasteiger partial charge < -0.3 is 11.5 Å². The van der Waals surface area contributed by atoms with E-state index in [0.717, 1.165) is 22.4 Å². The molecule has 162 valence electrons. The first-order valence-electron chi connectivity index (χ1n) is 10.4. The maximum Gasteiger partial charge on any atom is 0.133 e. The molecule has 1 aliphatic rings. The van der Waals surface area contributed by atoms with Crippen LogP contribution in [0.25, 0.3) is 16.5 Å². The van der Waals surface area contributed by atoms with Crippen molar-refractivity contribution in [3.05, 3.63) is 119 Å².